The highest BCUT2D eigenvalue weighted by Gasteiger charge is 2.19. The van der Waals surface area contributed by atoms with Gasteiger partial charge in [-0.2, -0.15) is 0 Å². The highest BCUT2D eigenvalue weighted by Crippen LogP contribution is 2.18. The van der Waals surface area contributed by atoms with E-state index in [0.29, 0.717) is 0 Å². The van der Waals surface area contributed by atoms with Gasteiger partial charge in [0.25, 0.3) is 0 Å². The first-order chi connectivity index (χ1) is 5.86. The molecule has 0 amide bonds. The van der Waals surface area contributed by atoms with Gasteiger partial charge >= 0.3 is 0 Å². The van der Waals surface area contributed by atoms with Crippen LogP contribution in [0.5, 0.6) is 0 Å². The highest BCUT2D eigenvalue weighted by atomic mass is 14.9. The third kappa shape index (κ3) is 4.07. The second-order valence-corrected chi connectivity index (χ2v) is 3.88. The van der Waals surface area contributed by atoms with E-state index in [-0.39, 0.29) is 0 Å². The molecular weight excluding hydrogens is 148 g/mol. The fourth-order valence-electron chi connectivity index (χ4n) is 1.47. The summed E-state index contributed by atoms with van der Waals surface area (Å²) < 4.78 is 0. The topological polar surface area (TPSA) is 38.0 Å². The molecule has 72 valence electrons. The number of nitrogens with one attached hydrogen (secondary N) is 1. The van der Waals surface area contributed by atoms with E-state index in [9.17, 15) is 0 Å². The SMILES string of the molecule is CCC(CN)CCCNC1CC1. The number of hydrogen-bond acceptors (Lipinski definition) is 2. The molecule has 0 aromatic rings. The molecule has 0 aromatic carbocycles. The summed E-state index contributed by atoms with van der Waals surface area (Å²) >= 11 is 0. The maximum Gasteiger partial charge on any atom is 0.00682 e. The van der Waals surface area contributed by atoms with Crippen molar-refractivity contribution >= 4 is 0 Å². The molecule has 0 heterocycles. The van der Waals surface area contributed by atoms with Crippen LogP contribution in [0, 0.1) is 5.92 Å². The van der Waals surface area contributed by atoms with Crippen LogP contribution in [0.15, 0.2) is 0 Å². The summed E-state index contributed by atoms with van der Waals surface area (Å²) in [6.45, 7) is 4.28. The second-order valence-electron chi connectivity index (χ2n) is 3.88. The molecule has 1 atom stereocenters. The zero-order valence-corrected chi connectivity index (χ0v) is 8.18. The maximum absolute atomic E-state index is 5.62. The Kier molecular flexibility index (Phi) is 4.62. The van der Waals surface area contributed by atoms with Gasteiger partial charge in [0.2, 0.25) is 0 Å². The van der Waals surface area contributed by atoms with E-state index in [4.69, 9.17) is 5.73 Å². The molecule has 1 fully saturated rings. The second kappa shape index (κ2) is 5.55. The highest BCUT2D eigenvalue weighted by molar-refractivity contribution is 4.80. The van der Waals surface area contributed by atoms with E-state index in [2.05, 4.69) is 12.2 Å². The average molecular weight is 170 g/mol. The third-order valence-corrected chi connectivity index (χ3v) is 2.71. The van der Waals surface area contributed by atoms with Crippen molar-refractivity contribution in [2.24, 2.45) is 11.7 Å². The fourth-order valence-corrected chi connectivity index (χ4v) is 1.47. The van der Waals surface area contributed by atoms with Crippen molar-refractivity contribution in [1.29, 1.82) is 0 Å². The molecule has 1 unspecified atom stereocenters. The summed E-state index contributed by atoms with van der Waals surface area (Å²) in [6.07, 6.45) is 6.63. The lowest BCUT2D eigenvalue weighted by Crippen LogP contribution is -2.20. The van der Waals surface area contributed by atoms with Gasteiger partial charge in [0.05, 0.1) is 0 Å². The van der Waals surface area contributed by atoms with Crippen LogP contribution in [0.25, 0.3) is 0 Å². The predicted molar refractivity (Wildman–Crippen MR) is 53.1 cm³/mol. The Labute approximate surface area is 75.9 Å². The lowest BCUT2D eigenvalue weighted by molar-refractivity contribution is 0.453. The van der Waals surface area contributed by atoms with Gasteiger partial charge in [-0.25, -0.2) is 0 Å². The predicted octanol–water partition coefficient (Wildman–Crippen LogP) is 1.50. The summed E-state index contributed by atoms with van der Waals surface area (Å²) in [5, 5.41) is 3.52. The van der Waals surface area contributed by atoms with Crippen molar-refractivity contribution in [3.05, 3.63) is 0 Å². The van der Waals surface area contributed by atoms with Crippen LogP contribution in [0.1, 0.15) is 39.0 Å². The molecule has 2 heteroatoms. The fraction of sp³-hybridized carbons (Fsp3) is 1.00. The van der Waals surface area contributed by atoms with Crippen LogP contribution in [-0.2, 0) is 0 Å². The zero-order valence-electron chi connectivity index (χ0n) is 8.18. The maximum atomic E-state index is 5.62. The molecule has 0 radical (unpaired) electrons. The molecule has 2 nitrogen and oxygen atoms in total. The van der Waals surface area contributed by atoms with Crippen molar-refractivity contribution in [2.45, 2.75) is 45.1 Å². The molecule has 1 rings (SSSR count). The smallest absolute Gasteiger partial charge is 0.00682 e. The minimum atomic E-state index is 0.756. The van der Waals surface area contributed by atoms with E-state index in [1.165, 1.54) is 38.6 Å². The van der Waals surface area contributed by atoms with Gasteiger partial charge in [-0.05, 0) is 44.7 Å². The average Bonchev–Trinajstić information content (AvgIpc) is 2.89. The first kappa shape index (κ1) is 10.0. The molecule has 0 aromatic heterocycles. The van der Waals surface area contributed by atoms with Gasteiger partial charge in [0, 0.05) is 6.04 Å². The van der Waals surface area contributed by atoms with Gasteiger partial charge < -0.3 is 11.1 Å². The van der Waals surface area contributed by atoms with Crippen LogP contribution >= 0.6 is 0 Å². The first-order valence-corrected chi connectivity index (χ1v) is 5.30. The van der Waals surface area contributed by atoms with Gasteiger partial charge in [-0.3, -0.25) is 0 Å². The van der Waals surface area contributed by atoms with Crippen LogP contribution < -0.4 is 11.1 Å². The monoisotopic (exact) mass is 170 g/mol. The van der Waals surface area contributed by atoms with E-state index in [1.54, 1.807) is 0 Å². The standard InChI is InChI=1S/C10H22N2/c1-2-9(8-11)4-3-7-12-10-5-6-10/h9-10,12H,2-8,11H2,1H3. The largest absolute Gasteiger partial charge is 0.330 e. The molecule has 1 aliphatic carbocycles. The summed E-state index contributed by atoms with van der Waals surface area (Å²) in [7, 11) is 0. The normalized spacial score (nSPS) is 19.5. The lowest BCUT2D eigenvalue weighted by Gasteiger charge is -2.11. The molecule has 3 N–H and O–H groups in total. The van der Waals surface area contributed by atoms with Crippen molar-refractivity contribution in [2.75, 3.05) is 13.1 Å². The Bertz CT molecular complexity index is 106. The first-order valence-electron chi connectivity index (χ1n) is 5.30. The summed E-state index contributed by atoms with van der Waals surface area (Å²) in [4.78, 5) is 0. The van der Waals surface area contributed by atoms with Gasteiger partial charge in [0.15, 0.2) is 0 Å². The number of rotatable bonds is 7. The quantitative estimate of drug-likeness (QED) is 0.568. The molecule has 0 saturated heterocycles. The van der Waals surface area contributed by atoms with E-state index < -0.39 is 0 Å². The van der Waals surface area contributed by atoms with Crippen LogP contribution in [0.2, 0.25) is 0 Å². The molecule has 0 aliphatic heterocycles. The minimum Gasteiger partial charge on any atom is -0.330 e. The third-order valence-electron chi connectivity index (χ3n) is 2.71. The van der Waals surface area contributed by atoms with E-state index in [1.807, 2.05) is 0 Å². The number of hydrogen-bond donors (Lipinski definition) is 2. The lowest BCUT2D eigenvalue weighted by atomic mass is 10.0. The Balaban J connectivity index is 1.85. The number of nitrogens with two attached hydrogens (primary N) is 1. The van der Waals surface area contributed by atoms with Crippen molar-refractivity contribution < 1.29 is 0 Å². The summed E-state index contributed by atoms with van der Waals surface area (Å²) in [5.41, 5.74) is 5.62. The Hall–Kier alpha value is -0.0800. The van der Waals surface area contributed by atoms with Crippen LogP contribution in [-0.4, -0.2) is 19.1 Å². The minimum absolute atomic E-state index is 0.756. The van der Waals surface area contributed by atoms with Crippen molar-refractivity contribution in [3.8, 4) is 0 Å². The molecule has 12 heavy (non-hydrogen) atoms. The van der Waals surface area contributed by atoms with Crippen molar-refractivity contribution in [1.82, 2.24) is 5.32 Å². The molecule has 0 bridgehead atoms. The van der Waals surface area contributed by atoms with Gasteiger partial charge in [-0.15, -0.1) is 0 Å². The van der Waals surface area contributed by atoms with Crippen LogP contribution in [0.4, 0.5) is 0 Å². The Morgan fingerprint density at radius 1 is 1.50 bits per heavy atom. The summed E-state index contributed by atoms with van der Waals surface area (Å²) in [6, 6.07) is 0.864. The Morgan fingerprint density at radius 3 is 2.75 bits per heavy atom. The summed E-state index contributed by atoms with van der Waals surface area (Å²) in [5.74, 6) is 0.756. The van der Waals surface area contributed by atoms with E-state index in [0.717, 1.165) is 18.5 Å². The molecule has 1 saturated carbocycles. The van der Waals surface area contributed by atoms with Gasteiger partial charge in [-0.1, -0.05) is 13.3 Å². The molecular formula is C10H22N2. The van der Waals surface area contributed by atoms with Crippen LogP contribution in [0.3, 0.4) is 0 Å². The zero-order chi connectivity index (χ0) is 8.81. The Morgan fingerprint density at radius 2 is 2.25 bits per heavy atom. The van der Waals surface area contributed by atoms with Crippen molar-refractivity contribution in [3.63, 3.8) is 0 Å². The molecule has 1 aliphatic rings. The van der Waals surface area contributed by atoms with Gasteiger partial charge in [0.1, 0.15) is 0 Å². The van der Waals surface area contributed by atoms with E-state index >= 15 is 0 Å². The molecule has 0 spiro atoms.